The van der Waals surface area contributed by atoms with Gasteiger partial charge in [0.1, 0.15) is 5.82 Å². The van der Waals surface area contributed by atoms with Gasteiger partial charge in [0, 0.05) is 30.2 Å². The molecular weight excluding hydrogens is 263 g/mol. The van der Waals surface area contributed by atoms with Crippen LogP contribution in [0.25, 0.3) is 0 Å². The van der Waals surface area contributed by atoms with E-state index < -0.39 is 0 Å². The van der Waals surface area contributed by atoms with Gasteiger partial charge in [-0.3, -0.25) is 0 Å². The van der Waals surface area contributed by atoms with Gasteiger partial charge in [-0.05, 0) is 45.0 Å². The molecule has 1 rings (SSSR count). The predicted molar refractivity (Wildman–Crippen MR) is 80.2 cm³/mol. The Hall–Kier alpha value is -0.640. The lowest BCUT2D eigenvalue weighted by atomic mass is 10.1. The minimum atomic E-state index is -0.294. The third-order valence-corrected chi connectivity index (χ3v) is 4.01. The highest BCUT2D eigenvalue weighted by Gasteiger charge is 2.11. The van der Waals surface area contributed by atoms with E-state index in [1.807, 2.05) is 6.92 Å². The van der Waals surface area contributed by atoms with Gasteiger partial charge in [-0.15, -0.1) is 0 Å². The molecule has 0 saturated carbocycles. The topological polar surface area (TPSA) is 15.3 Å². The maximum atomic E-state index is 13.0. The van der Waals surface area contributed by atoms with Gasteiger partial charge >= 0.3 is 0 Å². The number of halogens is 2. The average Bonchev–Trinajstić information content (AvgIpc) is 2.37. The van der Waals surface area contributed by atoms with Crippen molar-refractivity contribution in [3.63, 3.8) is 0 Å². The second-order valence-electron chi connectivity index (χ2n) is 5.08. The second kappa shape index (κ2) is 7.83. The summed E-state index contributed by atoms with van der Waals surface area (Å²) in [7, 11) is 2.13. The Kier molecular flexibility index (Phi) is 6.76. The fourth-order valence-electron chi connectivity index (χ4n) is 1.95. The van der Waals surface area contributed by atoms with Crippen molar-refractivity contribution in [2.45, 2.75) is 39.3 Å². The van der Waals surface area contributed by atoms with Crippen LogP contribution in [0.15, 0.2) is 18.2 Å². The van der Waals surface area contributed by atoms with E-state index in [1.165, 1.54) is 12.1 Å². The zero-order chi connectivity index (χ0) is 14.4. The molecule has 0 aromatic heterocycles. The van der Waals surface area contributed by atoms with E-state index in [4.69, 9.17) is 11.6 Å². The molecule has 0 spiro atoms. The van der Waals surface area contributed by atoms with Gasteiger partial charge in [-0.1, -0.05) is 24.6 Å². The van der Waals surface area contributed by atoms with Crippen molar-refractivity contribution in [2.75, 3.05) is 20.1 Å². The molecule has 4 heteroatoms. The molecule has 1 aromatic rings. The van der Waals surface area contributed by atoms with Crippen LogP contribution in [0.2, 0.25) is 5.02 Å². The molecule has 2 nitrogen and oxygen atoms in total. The zero-order valence-corrected chi connectivity index (χ0v) is 13.0. The van der Waals surface area contributed by atoms with Gasteiger partial charge in [0.05, 0.1) is 0 Å². The van der Waals surface area contributed by atoms with Crippen LogP contribution in [0.1, 0.15) is 38.8 Å². The maximum Gasteiger partial charge on any atom is 0.124 e. The fourth-order valence-corrected chi connectivity index (χ4v) is 2.28. The summed E-state index contributed by atoms with van der Waals surface area (Å²) < 4.78 is 13.0. The lowest BCUT2D eigenvalue weighted by molar-refractivity contribution is 0.249. The first-order valence-electron chi connectivity index (χ1n) is 6.84. The van der Waals surface area contributed by atoms with Crippen molar-refractivity contribution in [1.29, 1.82) is 0 Å². The van der Waals surface area contributed by atoms with Gasteiger partial charge in [0.25, 0.3) is 0 Å². The van der Waals surface area contributed by atoms with Crippen molar-refractivity contribution in [3.8, 4) is 0 Å². The number of likely N-dealkylation sites (N-methyl/N-ethyl adjacent to an activating group) is 1. The highest BCUT2D eigenvalue weighted by Crippen LogP contribution is 2.23. The highest BCUT2D eigenvalue weighted by atomic mass is 35.5. The van der Waals surface area contributed by atoms with Crippen molar-refractivity contribution in [2.24, 2.45) is 0 Å². The lowest BCUT2D eigenvalue weighted by Crippen LogP contribution is -2.35. The number of benzene rings is 1. The molecule has 2 atom stereocenters. The van der Waals surface area contributed by atoms with E-state index in [2.05, 4.69) is 31.1 Å². The van der Waals surface area contributed by atoms with Crippen LogP contribution in [-0.2, 0) is 0 Å². The molecule has 0 amide bonds. The van der Waals surface area contributed by atoms with Crippen molar-refractivity contribution >= 4 is 11.6 Å². The molecule has 0 aliphatic rings. The molecule has 0 fully saturated rings. The molecule has 108 valence electrons. The first-order chi connectivity index (χ1) is 8.95. The number of hydrogen-bond acceptors (Lipinski definition) is 2. The normalized spacial score (nSPS) is 14.7. The summed E-state index contributed by atoms with van der Waals surface area (Å²) in [6, 6.07) is 5.27. The molecule has 1 N–H and O–H groups in total. The number of nitrogens with one attached hydrogen (secondary N) is 1. The molecule has 0 radical (unpaired) electrons. The Labute approximate surface area is 120 Å². The summed E-state index contributed by atoms with van der Waals surface area (Å²) in [5.41, 5.74) is 0.939. The second-order valence-corrected chi connectivity index (χ2v) is 5.49. The van der Waals surface area contributed by atoms with E-state index in [9.17, 15) is 4.39 Å². The number of hydrogen-bond donors (Lipinski definition) is 1. The first-order valence-corrected chi connectivity index (χ1v) is 7.22. The van der Waals surface area contributed by atoms with E-state index in [1.54, 1.807) is 6.07 Å². The summed E-state index contributed by atoms with van der Waals surface area (Å²) in [5, 5.41) is 3.90. The fraction of sp³-hybridized carbons (Fsp3) is 0.600. The van der Waals surface area contributed by atoms with Crippen LogP contribution in [-0.4, -0.2) is 31.1 Å². The summed E-state index contributed by atoms with van der Waals surface area (Å²) in [6.45, 7) is 8.33. The van der Waals surface area contributed by atoms with Crippen molar-refractivity contribution in [1.82, 2.24) is 10.2 Å². The maximum absolute atomic E-state index is 13.0. The minimum Gasteiger partial charge on any atom is -0.309 e. The third-order valence-electron chi connectivity index (χ3n) is 3.69. The Morgan fingerprint density at radius 1 is 1.37 bits per heavy atom. The monoisotopic (exact) mass is 286 g/mol. The lowest BCUT2D eigenvalue weighted by Gasteiger charge is -2.24. The molecular formula is C15H24ClFN2. The largest absolute Gasteiger partial charge is 0.309 e. The molecule has 1 aromatic carbocycles. The minimum absolute atomic E-state index is 0.124. The molecule has 0 heterocycles. The van der Waals surface area contributed by atoms with E-state index >= 15 is 0 Å². The van der Waals surface area contributed by atoms with Crippen LogP contribution in [0, 0.1) is 5.82 Å². The van der Waals surface area contributed by atoms with Gasteiger partial charge in [0.2, 0.25) is 0 Å². The molecule has 19 heavy (non-hydrogen) atoms. The van der Waals surface area contributed by atoms with Gasteiger partial charge < -0.3 is 10.2 Å². The Morgan fingerprint density at radius 2 is 2.05 bits per heavy atom. The molecule has 0 aliphatic heterocycles. The van der Waals surface area contributed by atoms with Crippen LogP contribution < -0.4 is 5.32 Å². The van der Waals surface area contributed by atoms with Crippen LogP contribution in [0.4, 0.5) is 4.39 Å². The third kappa shape index (κ3) is 5.09. The Bertz CT molecular complexity index is 398. The first kappa shape index (κ1) is 16.4. The zero-order valence-electron chi connectivity index (χ0n) is 12.2. The van der Waals surface area contributed by atoms with Crippen molar-refractivity contribution in [3.05, 3.63) is 34.6 Å². The number of rotatable bonds is 7. The van der Waals surface area contributed by atoms with Crippen molar-refractivity contribution < 1.29 is 4.39 Å². The summed E-state index contributed by atoms with van der Waals surface area (Å²) >= 11 is 6.05. The summed E-state index contributed by atoms with van der Waals surface area (Å²) in [6.07, 6.45) is 1.15. The summed E-state index contributed by atoms with van der Waals surface area (Å²) in [4.78, 5) is 2.33. The standard InChI is InChI=1S/C15H24ClFN2/c1-5-11(2)19(4)9-8-18-12(3)14-7-6-13(17)10-15(14)16/h6-7,10-12,18H,5,8-9H2,1-4H3. The van der Waals surface area contributed by atoms with Gasteiger partial charge in [-0.2, -0.15) is 0 Å². The highest BCUT2D eigenvalue weighted by molar-refractivity contribution is 6.31. The predicted octanol–water partition coefficient (Wildman–Crippen LogP) is 3.86. The van der Waals surface area contributed by atoms with E-state index in [-0.39, 0.29) is 11.9 Å². The summed E-state index contributed by atoms with van der Waals surface area (Å²) in [5.74, 6) is -0.294. The van der Waals surface area contributed by atoms with Crippen LogP contribution >= 0.6 is 11.6 Å². The van der Waals surface area contributed by atoms with E-state index in [0.29, 0.717) is 11.1 Å². The van der Waals surface area contributed by atoms with E-state index in [0.717, 1.165) is 25.1 Å². The Morgan fingerprint density at radius 3 is 2.63 bits per heavy atom. The van der Waals surface area contributed by atoms with Crippen LogP contribution in [0.5, 0.6) is 0 Å². The van der Waals surface area contributed by atoms with Crippen LogP contribution in [0.3, 0.4) is 0 Å². The molecule has 0 aliphatic carbocycles. The van der Waals surface area contributed by atoms with Gasteiger partial charge in [-0.25, -0.2) is 4.39 Å². The molecule has 0 saturated heterocycles. The smallest absolute Gasteiger partial charge is 0.124 e. The van der Waals surface area contributed by atoms with Gasteiger partial charge in [0.15, 0.2) is 0 Å². The average molecular weight is 287 g/mol. The number of nitrogens with zero attached hydrogens (tertiary/aromatic N) is 1. The Balaban J connectivity index is 2.45. The molecule has 0 bridgehead atoms. The quantitative estimate of drug-likeness (QED) is 0.819. The molecule has 2 unspecified atom stereocenters. The SMILES string of the molecule is CCC(C)N(C)CCNC(C)c1ccc(F)cc1Cl.